The number of hydrogen-bond acceptors (Lipinski definition) is 13. The Labute approximate surface area is 333 Å². The zero-order valence-corrected chi connectivity index (χ0v) is 32.4. The van der Waals surface area contributed by atoms with E-state index < -0.39 is 71.2 Å². The van der Waals surface area contributed by atoms with Crippen LogP contribution in [-0.2, 0) is 33.5 Å². The third kappa shape index (κ3) is 14.3. The molecule has 3 heterocycles. The van der Waals surface area contributed by atoms with Gasteiger partial charge >= 0.3 is 115 Å². The first-order valence-corrected chi connectivity index (χ1v) is 12.8. The molecule has 3 aliphatic heterocycles. The number of carbonyl (C=O) groups is 5. The Morgan fingerprint density at radius 1 is 0.927 bits per heavy atom. The molecule has 6 atom stereocenters. The van der Waals surface area contributed by atoms with Crippen molar-refractivity contribution in [2.75, 3.05) is 26.3 Å². The van der Waals surface area contributed by atoms with Crippen LogP contribution in [0, 0.1) is 0 Å². The van der Waals surface area contributed by atoms with Crippen LogP contribution in [0.1, 0.15) is 43.0 Å². The molecule has 0 aromatic carbocycles. The van der Waals surface area contributed by atoms with Gasteiger partial charge in [0.15, 0.2) is 11.6 Å². The Kier molecular flexibility index (Phi) is 20.9. The largest absolute Gasteiger partial charge is 1.00 e. The van der Waals surface area contributed by atoms with Gasteiger partial charge in [-0.1, -0.05) is 15.9 Å². The summed E-state index contributed by atoms with van der Waals surface area (Å²) in [5, 5.41) is 35.9. The van der Waals surface area contributed by atoms with Crippen molar-refractivity contribution in [2.45, 2.75) is 88.0 Å². The van der Waals surface area contributed by atoms with Gasteiger partial charge in [-0.05, 0) is 41.5 Å². The van der Waals surface area contributed by atoms with E-state index in [1.165, 1.54) is 4.90 Å². The molecule has 3 rings (SSSR count). The van der Waals surface area contributed by atoms with Crippen LogP contribution < -0.4 is 108 Å². The number of amides is 2. The Bertz CT molecular complexity index is 907. The second-order valence-electron chi connectivity index (χ2n) is 10.7. The Hall–Kier alpha value is 0.903. The van der Waals surface area contributed by atoms with Crippen molar-refractivity contribution in [1.82, 2.24) is 9.80 Å². The summed E-state index contributed by atoms with van der Waals surface area (Å²) in [5.41, 5.74) is -1.28. The molecule has 0 aromatic rings. The number of epoxide rings is 1. The van der Waals surface area contributed by atoms with E-state index in [0.29, 0.717) is 6.54 Å². The fourth-order valence-corrected chi connectivity index (χ4v) is 4.52. The fourth-order valence-electron chi connectivity index (χ4n) is 3.78. The van der Waals surface area contributed by atoms with Crippen LogP contribution in [0.2, 0.25) is 0 Å². The summed E-state index contributed by atoms with van der Waals surface area (Å²) in [6.07, 6.45) is -2.40. The monoisotopic (exact) mass is 706 g/mol. The maximum Gasteiger partial charge on any atom is 1.00 e. The first-order chi connectivity index (χ1) is 17.9. The van der Waals surface area contributed by atoms with E-state index >= 15 is 0 Å². The first kappa shape index (κ1) is 44.0. The number of nitrogens with zero attached hydrogens (tertiary/aromatic N) is 2. The second kappa shape index (κ2) is 19.4. The molecule has 15 nitrogen and oxygen atoms in total. The molecule has 18 heteroatoms. The summed E-state index contributed by atoms with van der Waals surface area (Å²) in [7, 11) is 0. The van der Waals surface area contributed by atoms with Crippen molar-refractivity contribution in [3.63, 3.8) is 0 Å². The summed E-state index contributed by atoms with van der Waals surface area (Å²) >= 11 is 3.17. The number of ether oxygens (including phenoxy) is 3. The molecule has 0 unspecified atom stereocenters. The van der Waals surface area contributed by atoms with Crippen molar-refractivity contribution < 1.29 is 168 Å². The average Bonchev–Trinajstić information content (AvgIpc) is 3.39. The molecule has 0 radical (unpaired) electrons. The molecule has 0 spiro atoms. The third-order valence-corrected chi connectivity index (χ3v) is 6.41. The van der Waals surface area contributed by atoms with Gasteiger partial charge in [-0.3, -0.25) is 24.2 Å². The number of halogens is 1. The molecule has 3 fully saturated rings. The molecule has 0 aromatic heterocycles. The minimum atomic E-state index is -0.903. The summed E-state index contributed by atoms with van der Waals surface area (Å²) in [5.74, 6) is -0.930. The van der Waals surface area contributed by atoms with Gasteiger partial charge in [0.25, 0.3) is 6.47 Å². The van der Waals surface area contributed by atoms with Crippen LogP contribution >= 0.6 is 15.9 Å². The zero-order chi connectivity index (χ0) is 30.3. The number of aliphatic hydroxyl groups is 3. The summed E-state index contributed by atoms with van der Waals surface area (Å²) in [6.45, 7) is 9.35. The van der Waals surface area contributed by atoms with Gasteiger partial charge in [0.2, 0.25) is 0 Å². The molecule has 226 valence electrons. The number of morpholine rings is 1. The van der Waals surface area contributed by atoms with E-state index in [9.17, 15) is 24.3 Å². The molecule has 0 aliphatic carbocycles. The standard InChI is InChI=1S/C11H18BrNO5.C11H17NO5.CH2O3.2K.H/c1-11(2,3)18-10(17)13-4-6(15)8(12)9(13)7(16)5-14;1-11(2,3)17-10(15)12-4-7-9(16-7)8(12)6(14)5-13;2-1-4-3;;;/h6,8-9,14-15H,4-5H2,1-3H3;7-9,13H,4-5H2,1-3H3;1,3H;;;/q;;;2*+1;-1/p-1/t6-,8+,9-;7-,8-,9-;;;;/m11..../s1. The normalized spacial score (nSPS) is 25.8. The number of fused-ring (bicyclic) bond motifs is 1. The van der Waals surface area contributed by atoms with Crippen LogP contribution in [0.4, 0.5) is 9.59 Å². The van der Waals surface area contributed by atoms with Crippen LogP contribution in [0.25, 0.3) is 0 Å². The molecule has 0 saturated carbocycles. The molecular formula is C23H37BrK2N2O13. The molecule has 3 N–H and O–H groups in total. The van der Waals surface area contributed by atoms with E-state index in [-0.39, 0.29) is 129 Å². The van der Waals surface area contributed by atoms with Crippen molar-refractivity contribution in [3.8, 4) is 0 Å². The molecule has 3 saturated heterocycles. The number of aliphatic hydroxyl groups excluding tert-OH is 3. The predicted octanol–water partition coefficient (Wildman–Crippen LogP) is -7.22. The van der Waals surface area contributed by atoms with Crippen molar-refractivity contribution >= 4 is 46.2 Å². The minimum absolute atomic E-state index is 0. The third-order valence-electron chi connectivity index (χ3n) is 5.30. The van der Waals surface area contributed by atoms with Gasteiger partial charge in [-0.25, -0.2) is 9.59 Å². The quantitative estimate of drug-likeness (QED) is 0.0606. The Morgan fingerprint density at radius 3 is 1.68 bits per heavy atom. The summed E-state index contributed by atoms with van der Waals surface area (Å²) < 4.78 is 15.6. The van der Waals surface area contributed by atoms with E-state index in [1.54, 1.807) is 41.5 Å². The van der Waals surface area contributed by atoms with Gasteiger partial charge < -0.3 is 41.1 Å². The molecule has 41 heavy (non-hydrogen) atoms. The maximum atomic E-state index is 11.9. The smallest absolute Gasteiger partial charge is 1.00 e. The Morgan fingerprint density at radius 2 is 1.32 bits per heavy atom. The topological polar surface area (TPSA) is 216 Å². The SMILES string of the molecule is CC(C)(C)OC(=O)N1C[C@@H](O)[C@H](Br)[C@H]1C(=O)CO.CC(C)(C)OC(=O)N1C[C@H]2O[C@H]2[C@H]1C(=O)CO.O=CO[O-].[H-].[K+].[K+]. The van der Waals surface area contributed by atoms with Crippen LogP contribution in [-0.4, -0.2) is 128 Å². The van der Waals surface area contributed by atoms with Crippen molar-refractivity contribution in [1.29, 1.82) is 0 Å². The Balaban J connectivity index is -0.000000604. The van der Waals surface area contributed by atoms with Crippen molar-refractivity contribution in [2.24, 2.45) is 0 Å². The van der Waals surface area contributed by atoms with E-state index in [2.05, 4.69) is 20.8 Å². The van der Waals surface area contributed by atoms with Gasteiger partial charge in [0.05, 0.1) is 24.0 Å². The van der Waals surface area contributed by atoms with Crippen LogP contribution in [0.3, 0.4) is 0 Å². The maximum absolute atomic E-state index is 11.9. The number of Topliss-reactive ketones (excluding diaryl/α,β-unsaturated/α-hetero) is 2. The second-order valence-corrected chi connectivity index (χ2v) is 11.8. The van der Waals surface area contributed by atoms with Crippen molar-refractivity contribution in [3.05, 3.63) is 0 Å². The first-order valence-electron chi connectivity index (χ1n) is 11.9. The number of carbonyl (C=O) groups excluding carboxylic acids is 5. The van der Waals surface area contributed by atoms with Crippen LogP contribution in [0.5, 0.6) is 0 Å². The number of alkyl halides is 1. The van der Waals surface area contributed by atoms with Gasteiger partial charge in [-0.2, -0.15) is 0 Å². The van der Waals surface area contributed by atoms with Crippen LogP contribution in [0.15, 0.2) is 0 Å². The molecule has 2 amide bonds. The van der Waals surface area contributed by atoms with Gasteiger partial charge in [0, 0.05) is 0 Å². The number of hydrogen-bond donors (Lipinski definition) is 3. The minimum Gasteiger partial charge on any atom is -1.00 e. The van der Waals surface area contributed by atoms with Gasteiger partial charge in [0.1, 0.15) is 48.7 Å². The molecule has 0 bridgehead atoms. The van der Waals surface area contributed by atoms with E-state index in [1.807, 2.05) is 0 Å². The zero-order valence-electron chi connectivity index (χ0n) is 25.6. The van der Waals surface area contributed by atoms with Gasteiger partial charge in [-0.15, -0.1) is 0 Å². The van der Waals surface area contributed by atoms with E-state index in [0.717, 1.165) is 4.90 Å². The fraction of sp³-hybridized carbons (Fsp3) is 0.783. The molecular weight excluding hydrogens is 670 g/mol. The van der Waals surface area contributed by atoms with E-state index in [4.69, 9.17) is 34.5 Å². The number of β-amino-alcohol motifs (C(OH)–C–C–N with tert-alkyl or cyclic N) is 1. The predicted molar refractivity (Wildman–Crippen MR) is 133 cm³/mol. The number of likely N-dealkylation sites (tertiary alicyclic amines) is 2. The molecule has 3 aliphatic rings. The average molecular weight is 708 g/mol. The summed E-state index contributed by atoms with van der Waals surface area (Å²) in [4.78, 5) is 60.1. The number of ketones is 2. The number of rotatable bonds is 5. The summed E-state index contributed by atoms with van der Waals surface area (Å²) in [6, 6.07) is -1.60.